The Kier molecular flexibility index (Phi) is 4.04. The highest BCUT2D eigenvalue weighted by Gasteiger charge is 2.34. The van der Waals surface area contributed by atoms with Gasteiger partial charge in [-0.05, 0) is 12.8 Å². The van der Waals surface area contributed by atoms with Gasteiger partial charge < -0.3 is 11.1 Å². The van der Waals surface area contributed by atoms with E-state index in [0.717, 1.165) is 6.42 Å². The zero-order valence-corrected chi connectivity index (χ0v) is 9.86. The van der Waals surface area contributed by atoms with Crippen LogP contribution in [-0.2, 0) is 14.6 Å². The summed E-state index contributed by atoms with van der Waals surface area (Å²) in [7, 11) is -3.27. The van der Waals surface area contributed by atoms with Crippen LogP contribution in [0, 0.1) is 0 Å². The van der Waals surface area contributed by atoms with Gasteiger partial charge in [-0.15, -0.1) is 0 Å². The van der Waals surface area contributed by atoms with Gasteiger partial charge in [-0.2, -0.15) is 0 Å². The van der Waals surface area contributed by atoms with Crippen LogP contribution in [0.4, 0.5) is 0 Å². The molecule has 0 aromatic carbocycles. The highest BCUT2D eigenvalue weighted by atomic mass is 32.2. The summed E-state index contributed by atoms with van der Waals surface area (Å²) < 4.78 is 23.1. The van der Waals surface area contributed by atoms with Gasteiger partial charge in [0.05, 0.1) is 17.3 Å². The number of carbonyl (C=O) groups excluding carboxylic acids is 1. The fraction of sp³-hybridized carbons (Fsp3) is 0.750. The summed E-state index contributed by atoms with van der Waals surface area (Å²) in [5, 5.41) is 1.51. The summed E-state index contributed by atoms with van der Waals surface area (Å²) in [5.74, 6) is -0.388. The Morgan fingerprint density at radius 2 is 2.13 bits per heavy atom. The molecule has 15 heavy (non-hydrogen) atoms. The van der Waals surface area contributed by atoms with Crippen LogP contribution in [0.5, 0.6) is 0 Å². The number of carbonyl (C=O) groups is 1. The average Bonchev–Trinajstić information content (AvgIpc) is 2.13. The molecule has 1 heterocycles. The summed E-state index contributed by atoms with van der Waals surface area (Å²) in [4.78, 5) is 11.7. The first-order valence-corrected chi connectivity index (χ1v) is 6.83. The first kappa shape index (κ1) is 12.4. The standard InChI is InChI=1S/C8H14N2O3S2/c9-7(14)5-10-8(11)6-3-1-2-4-15(6,12)13/h6H,1-5H2,(H2,9,14)(H,10,11). The molecule has 1 amide bonds. The zero-order chi connectivity index (χ0) is 11.5. The SMILES string of the molecule is NC(=S)CNC(=O)C1CCCCS1(=O)=O. The molecule has 5 nitrogen and oxygen atoms in total. The van der Waals surface area contributed by atoms with Crippen molar-refractivity contribution in [3.8, 4) is 0 Å². The van der Waals surface area contributed by atoms with E-state index in [1.807, 2.05) is 0 Å². The molecule has 1 aliphatic heterocycles. The maximum atomic E-state index is 11.5. The molecule has 0 radical (unpaired) electrons. The van der Waals surface area contributed by atoms with E-state index in [4.69, 9.17) is 5.73 Å². The molecule has 1 saturated heterocycles. The second kappa shape index (κ2) is 4.89. The maximum absolute atomic E-state index is 11.5. The molecule has 1 atom stereocenters. The van der Waals surface area contributed by atoms with Crippen LogP contribution in [0.2, 0.25) is 0 Å². The van der Waals surface area contributed by atoms with Gasteiger partial charge >= 0.3 is 0 Å². The van der Waals surface area contributed by atoms with Gasteiger partial charge in [-0.25, -0.2) is 8.42 Å². The molecule has 0 saturated carbocycles. The molecule has 1 unspecified atom stereocenters. The van der Waals surface area contributed by atoms with Gasteiger partial charge in [0.2, 0.25) is 5.91 Å². The number of rotatable bonds is 3. The molecule has 7 heteroatoms. The third kappa shape index (κ3) is 3.42. The Morgan fingerprint density at radius 3 is 2.67 bits per heavy atom. The van der Waals surface area contributed by atoms with Crippen molar-refractivity contribution < 1.29 is 13.2 Å². The lowest BCUT2D eigenvalue weighted by Gasteiger charge is -2.21. The molecule has 0 bridgehead atoms. The third-order valence-electron chi connectivity index (χ3n) is 2.31. The topological polar surface area (TPSA) is 89.3 Å². The lowest BCUT2D eigenvalue weighted by atomic mass is 10.2. The monoisotopic (exact) mass is 250 g/mol. The fourth-order valence-corrected chi connectivity index (χ4v) is 3.44. The summed E-state index contributed by atoms with van der Waals surface area (Å²) >= 11 is 4.59. The molecular weight excluding hydrogens is 236 g/mol. The zero-order valence-electron chi connectivity index (χ0n) is 8.23. The average molecular weight is 250 g/mol. The quantitative estimate of drug-likeness (QED) is 0.650. The highest BCUT2D eigenvalue weighted by molar-refractivity contribution is 7.92. The first-order valence-electron chi connectivity index (χ1n) is 4.71. The molecule has 86 valence electrons. The Labute approximate surface area is 94.3 Å². The normalized spacial score (nSPS) is 24.4. The van der Waals surface area contributed by atoms with Crippen molar-refractivity contribution >= 4 is 33.0 Å². The van der Waals surface area contributed by atoms with Crippen molar-refractivity contribution in [2.24, 2.45) is 5.73 Å². The van der Waals surface area contributed by atoms with Gasteiger partial charge in [-0.1, -0.05) is 18.6 Å². The van der Waals surface area contributed by atoms with Crippen molar-refractivity contribution in [3.63, 3.8) is 0 Å². The van der Waals surface area contributed by atoms with Crippen LogP contribution in [0.1, 0.15) is 19.3 Å². The number of amides is 1. The van der Waals surface area contributed by atoms with Crippen molar-refractivity contribution in [2.45, 2.75) is 24.5 Å². The van der Waals surface area contributed by atoms with E-state index in [1.165, 1.54) is 0 Å². The van der Waals surface area contributed by atoms with Crippen molar-refractivity contribution in [1.82, 2.24) is 5.32 Å². The van der Waals surface area contributed by atoms with Crippen LogP contribution in [0.3, 0.4) is 0 Å². The van der Waals surface area contributed by atoms with E-state index in [0.29, 0.717) is 12.8 Å². The molecule has 3 N–H and O–H groups in total. The molecule has 1 rings (SSSR count). The summed E-state index contributed by atoms with van der Waals surface area (Å²) in [6.45, 7) is 0.0557. The predicted octanol–water partition coefficient (Wildman–Crippen LogP) is -0.644. The van der Waals surface area contributed by atoms with E-state index < -0.39 is 21.0 Å². The van der Waals surface area contributed by atoms with E-state index in [1.54, 1.807) is 0 Å². The minimum atomic E-state index is -3.27. The van der Waals surface area contributed by atoms with Crippen molar-refractivity contribution in [1.29, 1.82) is 0 Å². The molecule has 0 aromatic rings. The Morgan fingerprint density at radius 1 is 1.47 bits per heavy atom. The van der Waals surface area contributed by atoms with E-state index in [9.17, 15) is 13.2 Å². The molecule has 1 aliphatic rings. The molecule has 0 aromatic heterocycles. The second-order valence-electron chi connectivity index (χ2n) is 3.54. The Balaban J connectivity index is 2.61. The van der Waals surface area contributed by atoms with Crippen molar-refractivity contribution in [3.05, 3.63) is 0 Å². The number of nitrogens with one attached hydrogen (secondary N) is 1. The summed E-state index contributed by atoms with van der Waals surface area (Å²) in [6, 6.07) is 0. The van der Waals surface area contributed by atoms with Gasteiger partial charge in [0.1, 0.15) is 5.25 Å². The van der Waals surface area contributed by atoms with Crippen LogP contribution >= 0.6 is 12.2 Å². The van der Waals surface area contributed by atoms with Crippen LogP contribution in [0.25, 0.3) is 0 Å². The lowest BCUT2D eigenvalue weighted by molar-refractivity contribution is -0.120. The molecule has 0 spiro atoms. The third-order valence-corrected chi connectivity index (χ3v) is 4.63. The smallest absolute Gasteiger partial charge is 0.238 e. The molecule has 0 aliphatic carbocycles. The fourth-order valence-electron chi connectivity index (χ4n) is 1.54. The van der Waals surface area contributed by atoms with E-state index >= 15 is 0 Å². The van der Waals surface area contributed by atoms with Gasteiger partial charge in [0.15, 0.2) is 9.84 Å². The lowest BCUT2D eigenvalue weighted by Crippen LogP contribution is -2.45. The summed E-state index contributed by atoms with van der Waals surface area (Å²) in [5.41, 5.74) is 5.21. The number of sulfone groups is 1. The van der Waals surface area contributed by atoms with E-state index in [2.05, 4.69) is 17.5 Å². The highest BCUT2D eigenvalue weighted by Crippen LogP contribution is 2.19. The van der Waals surface area contributed by atoms with Crippen molar-refractivity contribution in [2.75, 3.05) is 12.3 Å². The Bertz CT molecular complexity index is 364. The molecular formula is C8H14N2O3S2. The van der Waals surface area contributed by atoms with Gasteiger partial charge in [-0.3, -0.25) is 4.79 Å². The number of thiocarbonyl (C=S) groups is 1. The second-order valence-corrected chi connectivity index (χ2v) is 6.36. The van der Waals surface area contributed by atoms with Gasteiger partial charge in [0, 0.05) is 0 Å². The first-order chi connectivity index (χ1) is 6.93. The van der Waals surface area contributed by atoms with Gasteiger partial charge in [0.25, 0.3) is 0 Å². The largest absolute Gasteiger partial charge is 0.392 e. The minimum Gasteiger partial charge on any atom is -0.392 e. The Hall–Kier alpha value is -0.690. The van der Waals surface area contributed by atoms with E-state index in [-0.39, 0.29) is 17.3 Å². The van der Waals surface area contributed by atoms with Crippen LogP contribution in [-0.4, -0.2) is 36.9 Å². The summed E-state index contributed by atoms with van der Waals surface area (Å²) in [6.07, 6.45) is 1.80. The number of hydrogen-bond acceptors (Lipinski definition) is 4. The predicted molar refractivity (Wildman–Crippen MR) is 61.2 cm³/mol. The molecule has 1 fully saturated rings. The maximum Gasteiger partial charge on any atom is 0.238 e. The van der Waals surface area contributed by atoms with Crippen LogP contribution < -0.4 is 11.1 Å². The number of nitrogens with two attached hydrogens (primary N) is 1. The number of hydrogen-bond donors (Lipinski definition) is 2. The van der Waals surface area contributed by atoms with Crippen LogP contribution in [0.15, 0.2) is 0 Å². The minimum absolute atomic E-state index is 0.0557.